The molecule has 6 nitrogen and oxygen atoms in total. The molecule has 6 heteroatoms. The Labute approximate surface area is 175 Å². The van der Waals surface area contributed by atoms with E-state index in [4.69, 9.17) is 4.42 Å². The van der Waals surface area contributed by atoms with E-state index < -0.39 is 6.04 Å². The van der Waals surface area contributed by atoms with E-state index in [1.165, 1.54) is 24.2 Å². The molecule has 2 aliphatic rings. The lowest BCUT2D eigenvalue weighted by Gasteiger charge is -2.31. The number of rotatable bonds is 4. The second-order valence-corrected chi connectivity index (χ2v) is 8.39. The second kappa shape index (κ2) is 7.69. The van der Waals surface area contributed by atoms with E-state index in [0.717, 1.165) is 23.1 Å². The minimum Gasteiger partial charge on any atom is -0.436 e. The molecule has 2 heterocycles. The summed E-state index contributed by atoms with van der Waals surface area (Å²) >= 11 is 0. The molecule has 5 rings (SSSR count). The van der Waals surface area contributed by atoms with E-state index in [9.17, 15) is 9.59 Å². The molecule has 1 saturated carbocycles. The Morgan fingerprint density at radius 1 is 1.03 bits per heavy atom. The van der Waals surface area contributed by atoms with Gasteiger partial charge in [-0.3, -0.25) is 9.59 Å². The van der Waals surface area contributed by atoms with Crippen LogP contribution in [0.3, 0.4) is 0 Å². The summed E-state index contributed by atoms with van der Waals surface area (Å²) < 4.78 is 5.80. The van der Waals surface area contributed by atoms with Crippen molar-refractivity contribution in [2.75, 3.05) is 4.90 Å². The van der Waals surface area contributed by atoms with Gasteiger partial charge in [0, 0.05) is 11.6 Å². The van der Waals surface area contributed by atoms with Crippen LogP contribution in [0, 0.1) is 5.92 Å². The van der Waals surface area contributed by atoms with E-state index in [1.54, 1.807) is 12.1 Å². The van der Waals surface area contributed by atoms with Crippen molar-refractivity contribution in [1.82, 2.24) is 10.3 Å². The van der Waals surface area contributed by atoms with Crippen molar-refractivity contribution in [2.45, 2.75) is 51.1 Å². The molecule has 0 spiro atoms. The lowest BCUT2D eigenvalue weighted by molar-refractivity contribution is -0.121. The molecule has 30 heavy (non-hydrogen) atoms. The van der Waals surface area contributed by atoms with E-state index in [0.29, 0.717) is 23.5 Å². The topological polar surface area (TPSA) is 75.4 Å². The average Bonchev–Trinajstić information content (AvgIpc) is 3.31. The number of carbonyl (C=O) groups excluding carboxylic acids is 2. The first-order valence-electron chi connectivity index (χ1n) is 10.7. The summed E-state index contributed by atoms with van der Waals surface area (Å²) in [5.41, 5.74) is 2.92. The van der Waals surface area contributed by atoms with Crippen LogP contribution < -0.4 is 10.2 Å². The number of imide groups is 1. The van der Waals surface area contributed by atoms with E-state index in [1.807, 2.05) is 36.4 Å². The Bertz CT molecular complexity index is 1060. The molecule has 3 unspecified atom stereocenters. The fraction of sp³-hybridized carbons (Fsp3) is 0.375. The number of carbonyl (C=O) groups is 2. The SMILES string of the molecule is CC1CCCCC1NC1CC(=O)N(c2ccc(-c3nc4ccccc4o3)cc2)C1=O. The summed E-state index contributed by atoms with van der Waals surface area (Å²) in [7, 11) is 0. The first-order chi connectivity index (χ1) is 14.6. The van der Waals surface area contributed by atoms with Crippen LogP contribution in [0.5, 0.6) is 0 Å². The quantitative estimate of drug-likeness (QED) is 0.658. The second-order valence-electron chi connectivity index (χ2n) is 8.39. The number of hydrogen-bond acceptors (Lipinski definition) is 5. The minimum absolute atomic E-state index is 0.157. The van der Waals surface area contributed by atoms with Crippen LogP contribution in [-0.2, 0) is 9.59 Å². The lowest BCUT2D eigenvalue weighted by atomic mass is 9.85. The fourth-order valence-corrected chi connectivity index (χ4v) is 4.60. The zero-order valence-electron chi connectivity index (χ0n) is 17.0. The van der Waals surface area contributed by atoms with Crippen molar-refractivity contribution in [3.8, 4) is 11.5 Å². The number of oxazole rings is 1. The molecule has 3 aromatic rings. The van der Waals surface area contributed by atoms with Crippen LogP contribution in [0.4, 0.5) is 5.69 Å². The number of benzene rings is 2. The third-order valence-corrected chi connectivity index (χ3v) is 6.34. The molecule has 3 atom stereocenters. The van der Waals surface area contributed by atoms with E-state index in [-0.39, 0.29) is 18.2 Å². The molecule has 2 aromatic carbocycles. The number of para-hydroxylation sites is 2. The maximum Gasteiger partial charge on any atom is 0.251 e. The maximum absolute atomic E-state index is 13.0. The predicted molar refractivity (Wildman–Crippen MR) is 115 cm³/mol. The van der Waals surface area contributed by atoms with Gasteiger partial charge in [-0.25, -0.2) is 9.88 Å². The van der Waals surface area contributed by atoms with Gasteiger partial charge in [0.25, 0.3) is 5.91 Å². The van der Waals surface area contributed by atoms with Crippen molar-refractivity contribution >= 4 is 28.6 Å². The summed E-state index contributed by atoms with van der Waals surface area (Å²) in [6.45, 7) is 2.22. The van der Waals surface area contributed by atoms with Gasteiger partial charge in [-0.1, -0.05) is 31.9 Å². The van der Waals surface area contributed by atoms with Crippen LogP contribution in [0.1, 0.15) is 39.0 Å². The molecule has 154 valence electrons. The maximum atomic E-state index is 13.0. The number of hydrogen-bond donors (Lipinski definition) is 1. The summed E-state index contributed by atoms with van der Waals surface area (Å²) in [5, 5.41) is 3.46. The Morgan fingerprint density at radius 2 is 1.80 bits per heavy atom. The highest BCUT2D eigenvalue weighted by atomic mass is 16.3. The lowest BCUT2D eigenvalue weighted by Crippen LogP contribution is -2.47. The molecule has 1 aromatic heterocycles. The van der Waals surface area contributed by atoms with Crippen LogP contribution in [0.15, 0.2) is 52.9 Å². The summed E-state index contributed by atoms with van der Waals surface area (Å²) in [6.07, 6.45) is 4.88. The number of nitrogens with one attached hydrogen (secondary N) is 1. The smallest absolute Gasteiger partial charge is 0.251 e. The van der Waals surface area contributed by atoms with Gasteiger partial charge < -0.3 is 9.73 Å². The van der Waals surface area contributed by atoms with Crippen molar-refractivity contribution in [3.63, 3.8) is 0 Å². The molecule has 1 saturated heterocycles. The van der Waals surface area contributed by atoms with Gasteiger partial charge in [0.1, 0.15) is 5.52 Å². The van der Waals surface area contributed by atoms with Gasteiger partial charge in [-0.15, -0.1) is 0 Å². The van der Waals surface area contributed by atoms with Gasteiger partial charge in [-0.2, -0.15) is 0 Å². The minimum atomic E-state index is -0.431. The van der Waals surface area contributed by atoms with Crippen LogP contribution >= 0.6 is 0 Å². The van der Waals surface area contributed by atoms with Gasteiger partial charge in [-0.05, 0) is 55.2 Å². The number of aromatic nitrogens is 1. The average molecular weight is 403 g/mol. The van der Waals surface area contributed by atoms with Gasteiger partial charge in [0.2, 0.25) is 11.8 Å². The Balaban J connectivity index is 1.33. The highest BCUT2D eigenvalue weighted by Gasteiger charge is 2.41. The molecule has 0 radical (unpaired) electrons. The molecular formula is C24H25N3O3. The van der Waals surface area contributed by atoms with Crippen molar-refractivity contribution in [3.05, 3.63) is 48.5 Å². The number of nitrogens with zero attached hydrogens (tertiary/aromatic N) is 2. The first-order valence-corrected chi connectivity index (χ1v) is 10.7. The number of anilines is 1. The van der Waals surface area contributed by atoms with Crippen molar-refractivity contribution < 1.29 is 14.0 Å². The van der Waals surface area contributed by atoms with Crippen molar-refractivity contribution in [2.24, 2.45) is 5.92 Å². The molecule has 2 amide bonds. The molecule has 1 aliphatic heterocycles. The van der Waals surface area contributed by atoms with E-state index >= 15 is 0 Å². The molecule has 1 N–H and O–H groups in total. The summed E-state index contributed by atoms with van der Waals surface area (Å²) in [5.74, 6) is 0.738. The third kappa shape index (κ3) is 3.41. The largest absolute Gasteiger partial charge is 0.436 e. The monoisotopic (exact) mass is 403 g/mol. The zero-order valence-corrected chi connectivity index (χ0v) is 17.0. The molecular weight excluding hydrogens is 378 g/mol. The fourth-order valence-electron chi connectivity index (χ4n) is 4.60. The standard InChI is InChI=1S/C24H25N3O3/c1-15-6-2-3-7-18(15)25-20-14-22(28)27(24(20)29)17-12-10-16(11-13-17)23-26-19-8-4-5-9-21(19)30-23/h4-5,8-13,15,18,20,25H,2-3,6-7,14H2,1H3. The molecule has 1 aliphatic carbocycles. The van der Waals surface area contributed by atoms with E-state index in [2.05, 4.69) is 17.2 Å². The zero-order chi connectivity index (χ0) is 20.7. The predicted octanol–water partition coefficient (Wildman–Crippen LogP) is 4.30. The highest BCUT2D eigenvalue weighted by Crippen LogP contribution is 2.30. The Kier molecular flexibility index (Phi) is 4.87. The molecule has 0 bridgehead atoms. The molecule has 2 fully saturated rings. The number of amides is 2. The van der Waals surface area contributed by atoms with Gasteiger partial charge >= 0.3 is 0 Å². The summed E-state index contributed by atoms with van der Waals surface area (Å²) in [4.78, 5) is 31.4. The highest BCUT2D eigenvalue weighted by molar-refractivity contribution is 6.22. The number of fused-ring (bicyclic) bond motifs is 1. The van der Waals surface area contributed by atoms with Crippen LogP contribution in [0.2, 0.25) is 0 Å². The van der Waals surface area contributed by atoms with Gasteiger partial charge in [0.15, 0.2) is 5.58 Å². The Morgan fingerprint density at radius 3 is 2.57 bits per heavy atom. The van der Waals surface area contributed by atoms with Crippen LogP contribution in [-0.4, -0.2) is 28.9 Å². The van der Waals surface area contributed by atoms with Crippen LogP contribution in [0.25, 0.3) is 22.6 Å². The third-order valence-electron chi connectivity index (χ3n) is 6.34. The van der Waals surface area contributed by atoms with Crippen molar-refractivity contribution in [1.29, 1.82) is 0 Å². The first kappa shape index (κ1) is 19.0. The summed E-state index contributed by atoms with van der Waals surface area (Å²) in [6, 6.07) is 14.7. The Hall–Kier alpha value is -2.99. The normalized spacial score (nSPS) is 24.7. The van der Waals surface area contributed by atoms with Gasteiger partial charge in [0.05, 0.1) is 18.2 Å².